The number of benzene rings is 1. The fraction of sp³-hybridized carbons (Fsp3) is 0.286. The summed E-state index contributed by atoms with van der Waals surface area (Å²) in [6.07, 6.45) is 0.385. The third-order valence-corrected chi connectivity index (χ3v) is 3.25. The third-order valence-electron chi connectivity index (χ3n) is 2.38. The highest BCUT2D eigenvalue weighted by Crippen LogP contribution is 2.23. The number of nitrogens with zero attached hydrogens (tertiary/aromatic N) is 2. The minimum absolute atomic E-state index is 0.00774. The van der Waals surface area contributed by atoms with Gasteiger partial charge in [0, 0.05) is 24.7 Å². The Hall–Kier alpha value is -1.84. The maximum Gasteiger partial charge on any atom is 0.276 e. The molecule has 0 bridgehead atoms. The summed E-state index contributed by atoms with van der Waals surface area (Å²) in [5, 5.41) is 16.6. The quantitative estimate of drug-likeness (QED) is 0.693. The molecule has 6 heteroatoms. The lowest BCUT2D eigenvalue weighted by Gasteiger charge is -2.01. The maximum absolute atomic E-state index is 13.9. The van der Waals surface area contributed by atoms with Crippen LogP contribution in [0.5, 0.6) is 0 Å². The van der Waals surface area contributed by atoms with Crippen LogP contribution in [-0.4, -0.2) is 21.9 Å². The monoisotopic (exact) mass is 292 g/mol. The van der Waals surface area contributed by atoms with E-state index in [0.29, 0.717) is 34.4 Å². The smallest absolute Gasteiger partial charge is 0.276 e. The van der Waals surface area contributed by atoms with E-state index in [4.69, 9.17) is 9.52 Å². The minimum Gasteiger partial charge on any atom is -0.416 e. The summed E-state index contributed by atoms with van der Waals surface area (Å²) in [4.78, 5) is 0. The van der Waals surface area contributed by atoms with E-state index in [-0.39, 0.29) is 12.4 Å². The van der Waals surface area contributed by atoms with E-state index in [1.807, 2.05) is 0 Å². The molecule has 104 valence electrons. The number of aromatic nitrogens is 2. The summed E-state index contributed by atoms with van der Waals surface area (Å²) >= 11 is 1.29. The van der Waals surface area contributed by atoms with Gasteiger partial charge in [-0.1, -0.05) is 29.7 Å². The molecule has 0 spiro atoms. The summed E-state index contributed by atoms with van der Waals surface area (Å²) in [6.45, 7) is 1.71. The second-order valence-electron chi connectivity index (χ2n) is 3.96. The van der Waals surface area contributed by atoms with Crippen molar-refractivity contribution in [3.05, 3.63) is 41.0 Å². The van der Waals surface area contributed by atoms with Crippen molar-refractivity contribution in [1.29, 1.82) is 0 Å². The van der Waals surface area contributed by atoms with Crippen LogP contribution < -0.4 is 0 Å². The Kier molecular flexibility index (Phi) is 5.16. The molecule has 1 N–H and O–H groups in total. The van der Waals surface area contributed by atoms with Crippen molar-refractivity contribution in [2.24, 2.45) is 0 Å². The van der Waals surface area contributed by atoms with Crippen LogP contribution >= 0.6 is 11.8 Å². The highest BCUT2D eigenvalue weighted by molar-refractivity contribution is 7.98. The van der Waals surface area contributed by atoms with Crippen molar-refractivity contribution in [3.63, 3.8) is 0 Å². The average Bonchev–Trinajstić information content (AvgIpc) is 2.84. The van der Waals surface area contributed by atoms with Gasteiger partial charge in [0.25, 0.3) is 5.22 Å². The molecular formula is C14H13FN2O2S. The molecule has 0 fully saturated rings. The molecule has 0 saturated heterocycles. The summed E-state index contributed by atoms with van der Waals surface area (Å²) in [7, 11) is 0. The molecule has 1 aromatic carbocycles. The molecule has 0 aliphatic heterocycles. The standard InChI is InChI=1S/C14H13FN2O2S/c1-10-16-17-14(19-10)20-9-12-6-5-11(8-13(12)15)4-2-3-7-18/h5-6,8,18H,3,7,9H2,1H3. The Morgan fingerprint density at radius 1 is 1.40 bits per heavy atom. The SMILES string of the molecule is Cc1nnc(SCc2ccc(C#CCCO)cc2F)o1. The number of thioether (sulfide) groups is 1. The second-order valence-corrected chi connectivity index (χ2v) is 4.88. The van der Waals surface area contributed by atoms with Crippen LogP contribution in [0.1, 0.15) is 23.4 Å². The topological polar surface area (TPSA) is 59.2 Å². The van der Waals surface area contributed by atoms with Crippen molar-refractivity contribution < 1.29 is 13.9 Å². The van der Waals surface area contributed by atoms with E-state index in [2.05, 4.69) is 22.0 Å². The van der Waals surface area contributed by atoms with Crippen LogP contribution in [0.3, 0.4) is 0 Å². The molecule has 20 heavy (non-hydrogen) atoms. The molecule has 2 rings (SSSR count). The van der Waals surface area contributed by atoms with Gasteiger partial charge in [0.1, 0.15) is 5.82 Å². The van der Waals surface area contributed by atoms with Gasteiger partial charge in [0.2, 0.25) is 5.89 Å². The summed E-state index contributed by atoms with van der Waals surface area (Å²) in [6, 6.07) is 4.83. The number of aliphatic hydroxyl groups is 1. The Morgan fingerprint density at radius 3 is 2.90 bits per heavy atom. The number of rotatable bonds is 4. The Labute approximate surface area is 120 Å². The molecule has 4 nitrogen and oxygen atoms in total. The number of aryl methyl sites for hydroxylation is 1. The molecule has 0 radical (unpaired) electrons. The van der Waals surface area contributed by atoms with Gasteiger partial charge in [-0.15, -0.1) is 10.2 Å². The first-order valence-corrected chi connectivity index (χ1v) is 6.98. The van der Waals surface area contributed by atoms with Gasteiger partial charge in [0.15, 0.2) is 0 Å². The number of hydrogen-bond acceptors (Lipinski definition) is 5. The molecule has 0 amide bonds. The van der Waals surface area contributed by atoms with Gasteiger partial charge >= 0.3 is 0 Å². The third kappa shape index (κ3) is 4.08. The van der Waals surface area contributed by atoms with Crippen LogP contribution in [0.4, 0.5) is 4.39 Å². The molecule has 0 atom stereocenters. The Bertz CT molecular complexity index is 646. The van der Waals surface area contributed by atoms with E-state index < -0.39 is 0 Å². The normalized spacial score (nSPS) is 10.2. The fourth-order valence-corrected chi connectivity index (χ4v) is 2.23. The fourth-order valence-electron chi connectivity index (χ4n) is 1.44. The Balaban J connectivity index is 2.01. The number of hydrogen-bond donors (Lipinski definition) is 1. The molecule has 1 aromatic heterocycles. The summed E-state index contributed by atoms with van der Waals surface area (Å²) < 4.78 is 19.1. The lowest BCUT2D eigenvalue weighted by Crippen LogP contribution is -1.89. The largest absolute Gasteiger partial charge is 0.416 e. The van der Waals surface area contributed by atoms with Crippen LogP contribution in [0.25, 0.3) is 0 Å². The summed E-state index contributed by atoms with van der Waals surface area (Å²) in [5.41, 5.74) is 1.15. The first-order valence-electron chi connectivity index (χ1n) is 6.00. The molecule has 2 aromatic rings. The second kappa shape index (κ2) is 7.08. The zero-order chi connectivity index (χ0) is 14.4. The van der Waals surface area contributed by atoms with Crippen molar-refractivity contribution in [2.75, 3.05) is 6.61 Å². The lowest BCUT2D eigenvalue weighted by molar-refractivity contribution is 0.305. The zero-order valence-electron chi connectivity index (χ0n) is 10.9. The maximum atomic E-state index is 13.9. The van der Waals surface area contributed by atoms with Crippen LogP contribution in [0, 0.1) is 24.6 Å². The highest BCUT2D eigenvalue weighted by Gasteiger charge is 2.07. The predicted molar refractivity (Wildman–Crippen MR) is 73.6 cm³/mol. The molecule has 0 aliphatic rings. The lowest BCUT2D eigenvalue weighted by atomic mass is 10.1. The van der Waals surface area contributed by atoms with Gasteiger partial charge in [-0.3, -0.25) is 0 Å². The molecule has 0 aliphatic carbocycles. The van der Waals surface area contributed by atoms with Crippen molar-refractivity contribution in [2.45, 2.75) is 24.3 Å². The molecule has 0 unspecified atom stereocenters. The summed E-state index contributed by atoms with van der Waals surface area (Å²) in [5.74, 6) is 6.13. The molecule has 1 heterocycles. The first kappa shape index (κ1) is 14.6. The number of halogens is 1. The van der Waals surface area contributed by atoms with Crippen LogP contribution in [0.2, 0.25) is 0 Å². The highest BCUT2D eigenvalue weighted by atomic mass is 32.2. The average molecular weight is 292 g/mol. The van der Waals surface area contributed by atoms with E-state index in [1.54, 1.807) is 19.1 Å². The van der Waals surface area contributed by atoms with Crippen molar-refractivity contribution in [3.8, 4) is 11.8 Å². The number of aliphatic hydroxyl groups excluding tert-OH is 1. The first-order chi connectivity index (χ1) is 9.69. The van der Waals surface area contributed by atoms with Gasteiger partial charge in [0.05, 0.1) is 6.61 Å². The van der Waals surface area contributed by atoms with Gasteiger partial charge < -0.3 is 9.52 Å². The van der Waals surface area contributed by atoms with E-state index in [9.17, 15) is 4.39 Å². The van der Waals surface area contributed by atoms with E-state index in [1.165, 1.54) is 17.8 Å². The zero-order valence-corrected chi connectivity index (χ0v) is 11.7. The van der Waals surface area contributed by atoms with E-state index >= 15 is 0 Å². The van der Waals surface area contributed by atoms with Gasteiger partial charge in [-0.25, -0.2) is 4.39 Å². The predicted octanol–water partition coefficient (Wildman–Crippen LogP) is 2.54. The van der Waals surface area contributed by atoms with Gasteiger partial charge in [-0.05, 0) is 17.7 Å². The van der Waals surface area contributed by atoms with Crippen LogP contribution in [-0.2, 0) is 5.75 Å². The van der Waals surface area contributed by atoms with Crippen molar-refractivity contribution in [1.82, 2.24) is 10.2 Å². The minimum atomic E-state index is -0.315. The molecular weight excluding hydrogens is 279 g/mol. The van der Waals surface area contributed by atoms with Crippen LogP contribution in [0.15, 0.2) is 27.8 Å². The van der Waals surface area contributed by atoms with Crippen molar-refractivity contribution >= 4 is 11.8 Å². The van der Waals surface area contributed by atoms with Gasteiger partial charge in [-0.2, -0.15) is 0 Å². The Morgan fingerprint density at radius 2 is 2.25 bits per heavy atom. The van der Waals surface area contributed by atoms with E-state index in [0.717, 1.165) is 0 Å². The molecule has 0 saturated carbocycles.